The topological polar surface area (TPSA) is 41.6 Å². The van der Waals surface area contributed by atoms with Crippen LogP contribution >= 0.6 is 11.3 Å². The molecule has 28 heavy (non-hydrogen) atoms. The summed E-state index contributed by atoms with van der Waals surface area (Å²) in [5, 5.41) is 5.24. The van der Waals surface area contributed by atoms with Crippen molar-refractivity contribution in [2.45, 2.75) is 19.5 Å². The number of likely N-dealkylation sites (N-methyl/N-ethyl adjacent to an activating group) is 1. The molecular weight excluding hydrogens is 368 g/mol. The first kappa shape index (κ1) is 20.1. The van der Waals surface area contributed by atoms with Crippen LogP contribution < -0.4 is 10.1 Å². The van der Waals surface area contributed by atoms with E-state index in [1.54, 1.807) is 18.4 Å². The number of amides is 1. The number of methoxy groups -OCH3 is 1. The molecule has 0 spiro atoms. The summed E-state index contributed by atoms with van der Waals surface area (Å²) < 4.78 is 5.41. The van der Waals surface area contributed by atoms with Crippen molar-refractivity contribution in [1.82, 2.24) is 10.2 Å². The molecule has 1 aromatic heterocycles. The van der Waals surface area contributed by atoms with Crippen LogP contribution in [-0.4, -0.2) is 31.5 Å². The van der Waals surface area contributed by atoms with Crippen LogP contribution in [0.5, 0.6) is 5.75 Å². The minimum absolute atomic E-state index is 0.00336. The third-order valence-electron chi connectivity index (χ3n) is 4.59. The van der Waals surface area contributed by atoms with Gasteiger partial charge in [-0.15, -0.1) is 11.3 Å². The Morgan fingerprint density at radius 1 is 1.11 bits per heavy atom. The molecule has 1 amide bonds. The summed E-state index contributed by atoms with van der Waals surface area (Å²) in [6.45, 7) is 3.02. The highest BCUT2D eigenvalue weighted by molar-refractivity contribution is 7.10. The van der Waals surface area contributed by atoms with Crippen molar-refractivity contribution in [3.05, 3.63) is 87.6 Å². The van der Waals surface area contributed by atoms with Gasteiger partial charge in [-0.05, 0) is 37.0 Å². The zero-order valence-corrected chi connectivity index (χ0v) is 17.3. The Balaban J connectivity index is 1.67. The number of para-hydroxylation sites is 1. The van der Waals surface area contributed by atoms with Crippen molar-refractivity contribution in [1.29, 1.82) is 0 Å². The van der Waals surface area contributed by atoms with Crippen molar-refractivity contribution in [3.8, 4) is 5.75 Å². The average Bonchev–Trinajstić information content (AvgIpc) is 3.22. The second-order valence-corrected chi connectivity index (χ2v) is 7.89. The van der Waals surface area contributed by atoms with Gasteiger partial charge in [0.15, 0.2) is 0 Å². The van der Waals surface area contributed by atoms with Gasteiger partial charge < -0.3 is 10.1 Å². The first-order chi connectivity index (χ1) is 13.6. The second kappa shape index (κ2) is 9.53. The Morgan fingerprint density at radius 2 is 1.86 bits per heavy atom. The number of thiophene rings is 1. The van der Waals surface area contributed by atoms with E-state index in [2.05, 4.69) is 42.6 Å². The Hall–Kier alpha value is -2.63. The third-order valence-corrected chi connectivity index (χ3v) is 5.53. The molecule has 0 unspecified atom stereocenters. The van der Waals surface area contributed by atoms with Crippen LogP contribution in [0.15, 0.2) is 66.0 Å². The van der Waals surface area contributed by atoms with Crippen LogP contribution in [0.25, 0.3) is 0 Å². The molecule has 0 aliphatic rings. The maximum Gasteiger partial charge on any atom is 0.234 e. The quantitative estimate of drug-likeness (QED) is 0.616. The Kier molecular flexibility index (Phi) is 6.85. The van der Waals surface area contributed by atoms with Crippen molar-refractivity contribution in [3.63, 3.8) is 0 Å². The molecule has 0 aliphatic carbocycles. The van der Waals surface area contributed by atoms with Gasteiger partial charge in [0.05, 0.1) is 19.7 Å². The van der Waals surface area contributed by atoms with E-state index >= 15 is 0 Å². The van der Waals surface area contributed by atoms with E-state index in [1.807, 2.05) is 47.7 Å². The largest absolute Gasteiger partial charge is 0.496 e. The fourth-order valence-corrected chi connectivity index (χ4v) is 3.97. The van der Waals surface area contributed by atoms with Crippen molar-refractivity contribution in [2.75, 3.05) is 20.7 Å². The Bertz CT molecular complexity index is 891. The van der Waals surface area contributed by atoms with Gasteiger partial charge in [0, 0.05) is 17.0 Å². The Morgan fingerprint density at radius 3 is 2.54 bits per heavy atom. The normalized spacial score (nSPS) is 12.0. The lowest BCUT2D eigenvalue weighted by Gasteiger charge is -2.22. The minimum Gasteiger partial charge on any atom is -0.496 e. The molecule has 1 heterocycles. The summed E-state index contributed by atoms with van der Waals surface area (Å²) in [4.78, 5) is 15.9. The van der Waals surface area contributed by atoms with Crippen LogP contribution in [0, 0.1) is 6.92 Å². The predicted molar refractivity (Wildman–Crippen MR) is 115 cm³/mol. The van der Waals surface area contributed by atoms with Gasteiger partial charge in [-0.25, -0.2) is 0 Å². The maximum absolute atomic E-state index is 12.8. The molecule has 1 N–H and O–H groups in total. The number of nitrogens with zero attached hydrogens (tertiary/aromatic N) is 1. The van der Waals surface area contributed by atoms with Crippen molar-refractivity contribution in [2.24, 2.45) is 0 Å². The number of hydrogen-bond donors (Lipinski definition) is 1. The summed E-state index contributed by atoms with van der Waals surface area (Å²) in [6, 6.07) is 20.2. The molecule has 0 saturated heterocycles. The van der Waals surface area contributed by atoms with Gasteiger partial charge in [-0.2, -0.15) is 0 Å². The number of carbonyl (C=O) groups excluding carboxylic acids is 1. The summed E-state index contributed by atoms with van der Waals surface area (Å²) >= 11 is 1.65. The number of benzene rings is 2. The van der Waals surface area contributed by atoms with E-state index in [0.717, 1.165) is 21.8 Å². The van der Waals surface area contributed by atoms with E-state index in [9.17, 15) is 4.79 Å². The van der Waals surface area contributed by atoms with Crippen LogP contribution in [0.4, 0.5) is 0 Å². The third kappa shape index (κ3) is 5.21. The first-order valence-corrected chi connectivity index (χ1v) is 10.1. The van der Waals surface area contributed by atoms with Crippen LogP contribution in [0.2, 0.25) is 0 Å². The van der Waals surface area contributed by atoms with E-state index in [0.29, 0.717) is 13.1 Å². The molecule has 0 fully saturated rings. The molecule has 1 atom stereocenters. The molecule has 2 aromatic carbocycles. The lowest BCUT2D eigenvalue weighted by molar-refractivity contribution is -0.122. The number of nitrogens with one attached hydrogen (secondary N) is 1. The van der Waals surface area contributed by atoms with E-state index < -0.39 is 0 Å². The monoisotopic (exact) mass is 394 g/mol. The maximum atomic E-state index is 12.8. The highest BCUT2D eigenvalue weighted by Gasteiger charge is 2.19. The number of aryl methyl sites for hydroxylation is 1. The minimum atomic E-state index is -0.132. The van der Waals surface area contributed by atoms with Crippen molar-refractivity contribution < 1.29 is 9.53 Å². The van der Waals surface area contributed by atoms with E-state index in [4.69, 9.17) is 4.74 Å². The van der Waals surface area contributed by atoms with E-state index in [1.165, 1.54) is 5.56 Å². The van der Waals surface area contributed by atoms with Gasteiger partial charge in [0.1, 0.15) is 5.75 Å². The van der Waals surface area contributed by atoms with Crippen molar-refractivity contribution >= 4 is 17.2 Å². The van der Waals surface area contributed by atoms with Gasteiger partial charge in [0.25, 0.3) is 0 Å². The molecular formula is C23H26N2O2S. The first-order valence-electron chi connectivity index (χ1n) is 9.26. The predicted octanol–water partition coefficient (Wildman–Crippen LogP) is 4.40. The fourth-order valence-electron chi connectivity index (χ4n) is 3.17. The molecule has 5 heteroatoms. The fraction of sp³-hybridized carbons (Fsp3) is 0.261. The standard InChI is InChI=1S/C23H26N2O2S/c1-17-10-12-18(13-11-17)23(21-9-6-14-28-21)24-22(26)16-25(2)15-19-7-4-5-8-20(19)27-3/h4-14,23H,15-16H2,1-3H3,(H,24,26)/t23-/m0/s1. The highest BCUT2D eigenvalue weighted by atomic mass is 32.1. The summed E-state index contributed by atoms with van der Waals surface area (Å²) in [6.07, 6.45) is 0. The summed E-state index contributed by atoms with van der Waals surface area (Å²) in [5.74, 6) is 0.835. The lowest BCUT2D eigenvalue weighted by Crippen LogP contribution is -2.37. The smallest absolute Gasteiger partial charge is 0.234 e. The molecule has 0 aliphatic heterocycles. The van der Waals surface area contributed by atoms with Gasteiger partial charge in [0.2, 0.25) is 5.91 Å². The zero-order valence-electron chi connectivity index (χ0n) is 16.5. The van der Waals surface area contributed by atoms with Gasteiger partial charge in [-0.1, -0.05) is 54.1 Å². The van der Waals surface area contributed by atoms with Gasteiger partial charge in [-0.3, -0.25) is 9.69 Å². The number of ether oxygens (including phenoxy) is 1. The zero-order chi connectivity index (χ0) is 19.9. The summed E-state index contributed by atoms with van der Waals surface area (Å²) in [5.41, 5.74) is 3.36. The second-order valence-electron chi connectivity index (χ2n) is 6.91. The molecule has 3 aromatic rings. The van der Waals surface area contributed by atoms with E-state index in [-0.39, 0.29) is 11.9 Å². The SMILES string of the molecule is COc1ccccc1CN(C)CC(=O)N[C@@H](c1ccc(C)cc1)c1cccs1. The molecule has 0 saturated carbocycles. The highest BCUT2D eigenvalue weighted by Crippen LogP contribution is 2.26. The molecule has 4 nitrogen and oxygen atoms in total. The summed E-state index contributed by atoms with van der Waals surface area (Å²) in [7, 11) is 3.61. The van der Waals surface area contributed by atoms with Crippen LogP contribution in [0.3, 0.4) is 0 Å². The Labute approximate surface area is 170 Å². The number of hydrogen-bond acceptors (Lipinski definition) is 4. The average molecular weight is 395 g/mol. The lowest BCUT2D eigenvalue weighted by atomic mass is 10.0. The molecule has 0 bridgehead atoms. The van der Waals surface area contributed by atoms with Gasteiger partial charge >= 0.3 is 0 Å². The van der Waals surface area contributed by atoms with Crippen LogP contribution in [0.1, 0.15) is 27.6 Å². The van der Waals surface area contributed by atoms with Crippen LogP contribution in [-0.2, 0) is 11.3 Å². The molecule has 3 rings (SSSR count). The molecule has 146 valence electrons. The number of rotatable bonds is 8. The number of carbonyl (C=O) groups is 1. The molecule has 0 radical (unpaired) electrons.